The molecule has 1 fully saturated rings. The summed E-state index contributed by atoms with van der Waals surface area (Å²) in [6.45, 7) is 3.91. The Balaban J connectivity index is 1.54. The number of aryl methyl sites for hydroxylation is 1. The summed E-state index contributed by atoms with van der Waals surface area (Å²) >= 11 is 0. The second-order valence-corrected chi connectivity index (χ2v) is 7.97. The molecule has 164 valence electrons. The van der Waals surface area contributed by atoms with Crippen LogP contribution < -0.4 is 11.1 Å². The molecule has 8 heteroatoms. The highest BCUT2D eigenvalue weighted by Crippen LogP contribution is 2.27. The zero-order valence-electron chi connectivity index (χ0n) is 18.0. The van der Waals surface area contributed by atoms with Crippen molar-refractivity contribution in [2.45, 2.75) is 32.7 Å². The molecule has 1 aromatic heterocycles. The minimum Gasteiger partial charge on any atom is -0.383 e. The molecule has 1 aliphatic heterocycles. The van der Waals surface area contributed by atoms with Crippen LogP contribution in [0.3, 0.4) is 0 Å². The summed E-state index contributed by atoms with van der Waals surface area (Å²) in [6, 6.07) is 13.7. The molecule has 2 aromatic carbocycles. The van der Waals surface area contributed by atoms with E-state index in [1.54, 1.807) is 29.2 Å². The molecule has 32 heavy (non-hydrogen) atoms. The number of ketones is 1. The minimum atomic E-state index is -0.588. The Labute approximate surface area is 186 Å². The fourth-order valence-electron chi connectivity index (χ4n) is 3.97. The Hall–Kier alpha value is -3.94. The van der Waals surface area contributed by atoms with E-state index < -0.39 is 6.04 Å². The van der Waals surface area contributed by atoms with E-state index in [4.69, 9.17) is 5.73 Å². The van der Waals surface area contributed by atoms with Crippen molar-refractivity contribution >= 4 is 29.1 Å². The molecule has 0 spiro atoms. The van der Waals surface area contributed by atoms with Crippen LogP contribution in [0.4, 0.5) is 11.5 Å². The Morgan fingerprint density at radius 2 is 1.75 bits per heavy atom. The zero-order chi connectivity index (χ0) is 22.8. The highest BCUT2D eigenvalue weighted by Gasteiger charge is 2.36. The third-order valence-corrected chi connectivity index (χ3v) is 5.62. The maximum absolute atomic E-state index is 13.3. The third kappa shape index (κ3) is 4.12. The standard InChI is InChI=1S/C24H25N5O3/c1-15-5-11-19(12-6-15)29-23(25)20(14-26-29)22(31)21-4-3-13-28(21)24(32)17-7-9-18(10-8-17)27-16(2)30/h5-12,14,21H,3-4,13,25H2,1-2H3,(H,27,30). The van der Waals surface area contributed by atoms with Crippen LogP contribution in [0.25, 0.3) is 5.69 Å². The maximum Gasteiger partial charge on any atom is 0.254 e. The second kappa shape index (κ2) is 8.66. The number of carbonyl (C=O) groups excluding carboxylic acids is 3. The molecule has 4 rings (SSSR count). The van der Waals surface area contributed by atoms with Gasteiger partial charge in [-0.15, -0.1) is 0 Å². The van der Waals surface area contributed by atoms with E-state index in [1.807, 2.05) is 31.2 Å². The molecule has 1 saturated heterocycles. The molecule has 2 amide bonds. The van der Waals surface area contributed by atoms with E-state index in [9.17, 15) is 14.4 Å². The van der Waals surface area contributed by atoms with Crippen molar-refractivity contribution in [2.24, 2.45) is 0 Å². The average molecular weight is 431 g/mol. The molecule has 0 radical (unpaired) electrons. The van der Waals surface area contributed by atoms with E-state index >= 15 is 0 Å². The first kappa shape index (κ1) is 21.3. The fourth-order valence-corrected chi connectivity index (χ4v) is 3.97. The number of benzene rings is 2. The largest absolute Gasteiger partial charge is 0.383 e. The van der Waals surface area contributed by atoms with Crippen LogP contribution in [0, 0.1) is 6.92 Å². The topological polar surface area (TPSA) is 110 Å². The van der Waals surface area contributed by atoms with Crippen LogP contribution in [0.1, 0.15) is 46.0 Å². The normalized spacial score (nSPS) is 15.6. The fraction of sp³-hybridized carbons (Fsp3) is 0.250. The van der Waals surface area contributed by atoms with Crippen LogP contribution in [0.2, 0.25) is 0 Å². The van der Waals surface area contributed by atoms with Gasteiger partial charge in [0, 0.05) is 24.7 Å². The molecule has 0 aliphatic carbocycles. The van der Waals surface area contributed by atoms with E-state index in [1.165, 1.54) is 17.8 Å². The smallest absolute Gasteiger partial charge is 0.254 e. The predicted octanol–water partition coefficient (Wildman–Crippen LogP) is 3.21. The molecule has 3 N–H and O–H groups in total. The number of hydrogen-bond acceptors (Lipinski definition) is 5. The second-order valence-electron chi connectivity index (χ2n) is 7.97. The average Bonchev–Trinajstić information content (AvgIpc) is 3.41. The zero-order valence-corrected chi connectivity index (χ0v) is 18.0. The van der Waals surface area contributed by atoms with E-state index in [0.29, 0.717) is 29.8 Å². The van der Waals surface area contributed by atoms with Gasteiger partial charge < -0.3 is 16.0 Å². The lowest BCUT2D eigenvalue weighted by molar-refractivity contribution is -0.114. The van der Waals surface area contributed by atoms with Crippen LogP contribution in [0.5, 0.6) is 0 Å². The van der Waals surface area contributed by atoms with E-state index in [2.05, 4.69) is 10.4 Å². The van der Waals surface area contributed by atoms with E-state index in [0.717, 1.165) is 17.7 Å². The van der Waals surface area contributed by atoms with Gasteiger partial charge in [-0.2, -0.15) is 5.10 Å². The predicted molar refractivity (Wildman–Crippen MR) is 122 cm³/mol. The molecule has 1 unspecified atom stereocenters. The highest BCUT2D eigenvalue weighted by molar-refractivity contribution is 6.07. The summed E-state index contributed by atoms with van der Waals surface area (Å²) < 4.78 is 1.54. The summed E-state index contributed by atoms with van der Waals surface area (Å²) in [6.07, 6.45) is 2.78. The summed E-state index contributed by atoms with van der Waals surface area (Å²) in [7, 11) is 0. The number of nitrogens with one attached hydrogen (secondary N) is 1. The van der Waals surface area contributed by atoms with Crippen LogP contribution in [-0.4, -0.2) is 44.9 Å². The molecule has 1 aliphatic rings. The van der Waals surface area contributed by atoms with Crippen molar-refractivity contribution in [3.05, 3.63) is 71.4 Å². The Morgan fingerprint density at radius 3 is 2.41 bits per heavy atom. The number of likely N-dealkylation sites (tertiary alicyclic amines) is 1. The number of anilines is 2. The number of nitrogens with two attached hydrogens (primary N) is 1. The lowest BCUT2D eigenvalue weighted by Gasteiger charge is -2.23. The minimum absolute atomic E-state index is 0.182. The molecule has 0 bridgehead atoms. The summed E-state index contributed by atoms with van der Waals surface area (Å²) in [4.78, 5) is 39.2. The van der Waals surface area contributed by atoms with Gasteiger partial charge in [0.2, 0.25) is 5.91 Å². The molecular weight excluding hydrogens is 406 g/mol. The van der Waals surface area contributed by atoms with Gasteiger partial charge in [-0.1, -0.05) is 17.7 Å². The monoisotopic (exact) mass is 431 g/mol. The van der Waals surface area contributed by atoms with Crippen molar-refractivity contribution in [1.29, 1.82) is 0 Å². The van der Waals surface area contributed by atoms with Gasteiger partial charge in [-0.3, -0.25) is 14.4 Å². The van der Waals surface area contributed by atoms with Crippen molar-refractivity contribution < 1.29 is 14.4 Å². The van der Waals surface area contributed by atoms with Gasteiger partial charge >= 0.3 is 0 Å². The quantitative estimate of drug-likeness (QED) is 0.603. The Kier molecular flexibility index (Phi) is 5.77. The number of amides is 2. The number of nitrogen functional groups attached to an aromatic ring is 1. The SMILES string of the molecule is CC(=O)Nc1ccc(C(=O)N2CCCC2C(=O)c2cnn(-c3ccc(C)cc3)c2N)cc1. The van der Waals surface area contributed by atoms with Crippen molar-refractivity contribution in [3.63, 3.8) is 0 Å². The van der Waals surface area contributed by atoms with Gasteiger partial charge in [0.05, 0.1) is 23.5 Å². The molecule has 1 atom stereocenters. The molecule has 0 saturated carbocycles. The van der Waals surface area contributed by atoms with Gasteiger partial charge in [0.25, 0.3) is 5.91 Å². The van der Waals surface area contributed by atoms with Gasteiger partial charge in [-0.05, 0) is 56.2 Å². The molecular formula is C24H25N5O3. The van der Waals surface area contributed by atoms with Crippen LogP contribution in [-0.2, 0) is 4.79 Å². The van der Waals surface area contributed by atoms with Crippen molar-refractivity contribution in [1.82, 2.24) is 14.7 Å². The first-order chi connectivity index (χ1) is 15.3. The number of rotatable bonds is 5. The maximum atomic E-state index is 13.3. The van der Waals surface area contributed by atoms with Crippen LogP contribution in [0.15, 0.2) is 54.7 Å². The number of aromatic nitrogens is 2. The summed E-state index contributed by atoms with van der Waals surface area (Å²) in [5.74, 6) is -0.350. The summed E-state index contributed by atoms with van der Waals surface area (Å²) in [5.41, 5.74) is 9.54. The lowest BCUT2D eigenvalue weighted by Crippen LogP contribution is -2.40. The number of carbonyl (C=O) groups is 3. The van der Waals surface area contributed by atoms with Crippen molar-refractivity contribution in [2.75, 3.05) is 17.6 Å². The molecule has 2 heterocycles. The Bertz CT molecular complexity index is 1170. The first-order valence-corrected chi connectivity index (χ1v) is 10.5. The Morgan fingerprint density at radius 1 is 1.06 bits per heavy atom. The molecule has 8 nitrogen and oxygen atoms in total. The number of Topliss-reactive ketones (excluding diaryl/α,β-unsaturated/α-hetero) is 1. The van der Waals surface area contributed by atoms with Crippen LogP contribution >= 0.6 is 0 Å². The van der Waals surface area contributed by atoms with Crippen molar-refractivity contribution in [3.8, 4) is 5.69 Å². The van der Waals surface area contributed by atoms with Gasteiger partial charge in [0.1, 0.15) is 5.82 Å². The summed E-state index contributed by atoms with van der Waals surface area (Å²) in [5, 5.41) is 6.98. The lowest BCUT2D eigenvalue weighted by atomic mass is 10.0. The third-order valence-electron chi connectivity index (χ3n) is 5.62. The van der Waals surface area contributed by atoms with E-state index in [-0.39, 0.29) is 23.4 Å². The number of hydrogen-bond donors (Lipinski definition) is 2. The first-order valence-electron chi connectivity index (χ1n) is 10.5. The molecule has 3 aromatic rings. The number of nitrogens with zero attached hydrogens (tertiary/aromatic N) is 3. The van der Waals surface area contributed by atoms with Gasteiger partial charge in [-0.25, -0.2) is 4.68 Å². The van der Waals surface area contributed by atoms with Gasteiger partial charge in [0.15, 0.2) is 5.78 Å². The highest BCUT2D eigenvalue weighted by atomic mass is 16.2.